The smallest absolute Gasteiger partial charge is 0.298 e. The van der Waals surface area contributed by atoms with Gasteiger partial charge in [-0.05, 0) is 66.4 Å². The van der Waals surface area contributed by atoms with Crippen LogP contribution in [-0.2, 0) is 4.79 Å². The molecule has 1 N–H and O–H groups in total. The van der Waals surface area contributed by atoms with Crippen molar-refractivity contribution < 1.29 is 14.7 Å². The number of carbonyl (C=O) groups is 2. The maximum Gasteiger partial charge on any atom is 0.298 e. The number of phenols is 1. The molecule has 0 atom stereocenters. The van der Waals surface area contributed by atoms with Crippen molar-refractivity contribution in [1.82, 2.24) is 9.78 Å². The molecule has 7 heteroatoms. The molecule has 2 amide bonds. The van der Waals surface area contributed by atoms with Crippen molar-refractivity contribution in [2.45, 2.75) is 0 Å². The van der Waals surface area contributed by atoms with Crippen molar-refractivity contribution in [1.29, 1.82) is 0 Å². The first-order valence-electron chi connectivity index (χ1n) is 9.88. The maximum absolute atomic E-state index is 13.0. The lowest BCUT2D eigenvalue weighted by molar-refractivity contribution is -0.113. The minimum absolute atomic E-state index is 0.154. The number of amides is 2. The van der Waals surface area contributed by atoms with Gasteiger partial charge in [-0.1, -0.05) is 36.4 Å². The van der Waals surface area contributed by atoms with E-state index in [1.165, 1.54) is 4.90 Å². The zero-order valence-corrected chi connectivity index (χ0v) is 17.6. The second kappa shape index (κ2) is 8.20. The van der Waals surface area contributed by atoms with Gasteiger partial charge in [-0.3, -0.25) is 9.59 Å². The number of imide groups is 1. The predicted molar refractivity (Wildman–Crippen MR) is 126 cm³/mol. The van der Waals surface area contributed by atoms with Crippen molar-refractivity contribution in [2.24, 2.45) is 0 Å². The molecule has 0 spiro atoms. The number of phenolic OH excluding ortho intramolecular Hbond substituents is 1. The van der Waals surface area contributed by atoms with Gasteiger partial charge in [0.1, 0.15) is 5.75 Å². The first-order chi connectivity index (χ1) is 15.6. The summed E-state index contributed by atoms with van der Waals surface area (Å²) in [4.78, 5) is 27.1. The van der Waals surface area contributed by atoms with Crippen molar-refractivity contribution in [2.75, 3.05) is 4.90 Å². The zero-order valence-electron chi connectivity index (χ0n) is 16.8. The van der Waals surface area contributed by atoms with E-state index in [2.05, 4.69) is 0 Å². The molecule has 1 aliphatic rings. The Labute approximate surface area is 188 Å². The van der Waals surface area contributed by atoms with Crippen LogP contribution in [0, 0.1) is 0 Å². The summed E-state index contributed by atoms with van der Waals surface area (Å²) in [5.41, 5.74) is 3.52. The average molecular weight is 439 g/mol. The number of aromatic hydroxyl groups is 1. The second-order valence-electron chi connectivity index (χ2n) is 7.11. The number of hydrogen-bond acceptors (Lipinski definition) is 5. The minimum Gasteiger partial charge on any atom is -0.508 e. The highest BCUT2D eigenvalue weighted by Gasteiger charge is 2.36. The Morgan fingerprint density at radius 1 is 0.812 bits per heavy atom. The van der Waals surface area contributed by atoms with Crippen LogP contribution in [0.3, 0.4) is 0 Å². The lowest BCUT2D eigenvalue weighted by Gasteiger charge is -2.11. The SMILES string of the molecule is O=C1S/C(=C\c2cn(-c3ccccc3)nc2-c2ccc(O)cc2)C(=O)N1c1ccccc1. The van der Waals surface area contributed by atoms with Crippen molar-refractivity contribution in [3.8, 4) is 22.7 Å². The number of para-hydroxylation sites is 2. The standard InChI is InChI=1S/C25H17N3O3S/c29-21-13-11-17(12-14-21)23-18(16-27(26-23)19-7-3-1-4-8-19)15-22-24(30)28(25(31)32-22)20-9-5-2-6-10-20/h1-16,29H/b22-15-. The third kappa shape index (κ3) is 3.70. The monoisotopic (exact) mass is 439 g/mol. The number of benzene rings is 3. The molecule has 1 aromatic heterocycles. The summed E-state index contributed by atoms with van der Waals surface area (Å²) < 4.78 is 1.73. The van der Waals surface area contributed by atoms with E-state index < -0.39 is 0 Å². The summed E-state index contributed by atoms with van der Waals surface area (Å²) >= 11 is 0.904. The Morgan fingerprint density at radius 2 is 1.44 bits per heavy atom. The number of nitrogens with zero attached hydrogens (tertiary/aromatic N) is 3. The van der Waals surface area contributed by atoms with Crippen LogP contribution < -0.4 is 4.90 Å². The molecule has 4 aromatic rings. The molecule has 5 rings (SSSR count). The van der Waals surface area contributed by atoms with E-state index in [4.69, 9.17) is 5.10 Å². The van der Waals surface area contributed by atoms with Gasteiger partial charge in [-0.2, -0.15) is 5.10 Å². The summed E-state index contributed by atoms with van der Waals surface area (Å²) in [5, 5.41) is 14.0. The molecule has 156 valence electrons. The Balaban J connectivity index is 1.59. The molecule has 2 heterocycles. The predicted octanol–water partition coefficient (Wildman–Crippen LogP) is 5.49. The van der Waals surface area contributed by atoms with Gasteiger partial charge in [0.15, 0.2) is 0 Å². The van der Waals surface area contributed by atoms with Crippen LogP contribution in [0.1, 0.15) is 5.56 Å². The van der Waals surface area contributed by atoms with Crippen LogP contribution in [0.25, 0.3) is 23.0 Å². The van der Waals surface area contributed by atoms with Crippen LogP contribution in [-0.4, -0.2) is 26.0 Å². The quantitative estimate of drug-likeness (QED) is 0.426. The Hall–Kier alpha value is -4.10. The third-order valence-electron chi connectivity index (χ3n) is 5.00. The lowest BCUT2D eigenvalue weighted by atomic mass is 10.1. The molecule has 32 heavy (non-hydrogen) atoms. The van der Waals surface area contributed by atoms with E-state index in [1.807, 2.05) is 42.6 Å². The van der Waals surface area contributed by atoms with E-state index in [0.717, 1.165) is 23.0 Å². The van der Waals surface area contributed by atoms with Gasteiger partial charge < -0.3 is 5.11 Å². The minimum atomic E-state index is -0.365. The third-order valence-corrected chi connectivity index (χ3v) is 5.87. The number of anilines is 1. The number of aromatic nitrogens is 2. The largest absolute Gasteiger partial charge is 0.508 e. The first kappa shape index (κ1) is 19.8. The van der Waals surface area contributed by atoms with Crippen molar-refractivity contribution in [3.05, 3.63) is 102 Å². The van der Waals surface area contributed by atoms with Gasteiger partial charge in [0.25, 0.3) is 11.1 Å². The van der Waals surface area contributed by atoms with Gasteiger partial charge >= 0.3 is 0 Å². The Bertz CT molecular complexity index is 1330. The molecule has 0 saturated carbocycles. The Kier molecular flexibility index (Phi) is 5.09. The number of rotatable bonds is 4. The highest BCUT2D eigenvalue weighted by molar-refractivity contribution is 8.19. The molecule has 3 aromatic carbocycles. The summed E-state index contributed by atoms with van der Waals surface area (Å²) in [6.45, 7) is 0. The molecule has 1 fully saturated rings. The van der Waals surface area contributed by atoms with Crippen LogP contribution in [0.15, 0.2) is 96.0 Å². The summed E-state index contributed by atoms with van der Waals surface area (Å²) in [7, 11) is 0. The molecular weight excluding hydrogens is 422 g/mol. The second-order valence-corrected chi connectivity index (χ2v) is 8.11. The molecule has 0 aliphatic carbocycles. The Morgan fingerprint density at radius 3 is 2.09 bits per heavy atom. The van der Waals surface area contributed by atoms with Gasteiger partial charge in [0, 0.05) is 17.3 Å². The van der Waals surface area contributed by atoms with Crippen LogP contribution in [0.5, 0.6) is 5.75 Å². The van der Waals surface area contributed by atoms with E-state index in [-0.39, 0.29) is 16.9 Å². The molecule has 1 aliphatic heterocycles. The zero-order chi connectivity index (χ0) is 22.1. The summed E-state index contributed by atoms with van der Waals surface area (Å²) in [6, 6.07) is 25.2. The maximum atomic E-state index is 13.0. The van der Waals surface area contributed by atoms with Crippen LogP contribution in [0.4, 0.5) is 10.5 Å². The number of hydrogen-bond donors (Lipinski definition) is 1. The fourth-order valence-corrected chi connectivity index (χ4v) is 4.29. The molecule has 0 bridgehead atoms. The number of carbonyl (C=O) groups excluding carboxylic acids is 2. The van der Waals surface area contributed by atoms with E-state index >= 15 is 0 Å². The molecule has 0 radical (unpaired) electrons. The summed E-state index contributed by atoms with van der Waals surface area (Å²) in [6.07, 6.45) is 3.52. The molecular formula is C25H17N3O3S. The van der Waals surface area contributed by atoms with Crippen LogP contribution >= 0.6 is 11.8 Å². The topological polar surface area (TPSA) is 75.4 Å². The van der Waals surface area contributed by atoms with E-state index in [1.54, 1.807) is 59.3 Å². The van der Waals surface area contributed by atoms with Crippen molar-refractivity contribution in [3.63, 3.8) is 0 Å². The van der Waals surface area contributed by atoms with E-state index in [0.29, 0.717) is 21.8 Å². The van der Waals surface area contributed by atoms with Crippen LogP contribution in [0.2, 0.25) is 0 Å². The molecule has 0 unspecified atom stereocenters. The highest BCUT2D eigenvalue weighted by Crippen LogP contribution is 2.37. The average Bonchev–Trinajstić information content (AvgIpc) is 3.36. The summed E-state index contributed by atoms with van der Waals surface area (Å²) in [5.74, 6) is -0.211. The van der Waals surface area contributed by atoms with Gasteiger partial charge in [-0.25, -0.2) is 9.58 Å². The fraction of sp³-hybridized carbons (Fsp3) is 0. The fourth-order valence-electron chi connectivity index (χ4n) is 3.46. The lowest BCUT2D eigenvalue weighted by Crippen LogP contribution is -2.27. The number of thioether (sulfide) groups is 1. The van der Waals surface area contributed by atoms with Gasteiger partial charge in [0.2, 0.25) is 0 Å². The van der Waals surface area contributed by atoms with Gasteiger partial charge in [-0.15, -0.1) is 0 Å². The highest BCUT2D eigenvalue weighted by atomic mass is 32.2. The van der Waals surface area contributed by atoms with Gasteiger partial charge in [0.05, 0.1) is 22.0 Å². The normalized spacial score (nSPS) is 15.0. The molecule has 1 saturated heterocycles. The first-order valence-corrected chi connectivity index (χ1v) is 10.7. The molecule has 6 nitrogen and oxygen atoms in total. The van der Waals surface area contributed by atoms with Crippen molar-refractivity contribution >= 4 is 34.7 Å². The van der Waals surface area contributed by atoms with E-state index in [9.17, 15) is 14.7 Å².